The quantitative estimate of drug-likeness (QED) is 0.820. The highest BCUT2D eigenvalue weighted by molar-refractivity contribution is 7.13. The van der Waals surface area contributed by atoms with E-state index >= 15 is 0 Å². The second-order valence-electron chi connectivity index (χ2n) is 4.36. The van der Waals surface area contributed by atoms with Crippen LogP contribution < -0.4 is 11.1 Å². The van der Waals surface area contributed by atoms with E-state index in [1.54, 1.807) is 11.3 Å². The average Bonchev–Trinajstić information content (AvgIpc) is 3.05. The summed E-state index contributed by atoms with van der Waals surface area (Å²) in [6.45, 7) is 2.72. The van der Waals surface area contributed by atoms with Crippen molar-refractivity contribution in [3.8, 4) is 0 Å². The van der Waals surface area contributed by atoms with E-state index in [2.05, 4.69) is 27.6 Å². The first-order valence-corrected chi connectivity index (χ1v) is 8.33. The molecule has 0 aliphatic carbocycles. The van der Waals surface area contributed by atoms with Crippen LogP contribution in [0.4, 0.5) is 5.13 Å². The normalized spacial score (nSPS) is 10.7. The van der Waals surface area contributed by atoms with Crippen LogP contribution in [0, 0.1) is 0 Å². The Kier molecular flexibility index (Phi) is 5.49. The minimum atomic E-state index is 0.0452. The standard InChI is InChI=1S/C13H18N4OS2/c1-2-9-7-19-12(16-9)5-6-15-11(18)4-3-10-8-20-13(14)17-10/h7-8H,2-6H2,1H3,(H2,14,17)(H,15,18). The summed E-state index contributed by atoms with van der Waals surface area (Å²) >= 11 is 3.06. The van der Waals surface area contributed by atoms with Crippen LogP contribution >= 0.6 is 22.7 Å². The Morgan fingerprint density at radius 1 is 1.25 bits per heavy atom. The molecular weight excluding hydrogens is 292 g/mol. The van der Waals surface area contributed by atoms with Crippen molar-refractivity contribution in [1.82, 2.24) is 15.3 Å². The van der Waals surface area contributed by atoms with Gasteiger partial charge < -0.3 is 11.1 Å². The predicted octanol–water partition coefficient (Wildman–Crippen LogP) is 2.04. The lowest BCUT2D eigenvalue weighted by Gasteiger charge is -2.02. The highest BCUT2D eigenvalue weighted by atomic mass is 32.1. The van der Waals surface area contributed by atoms with Crippen molar-refractivity contribution in [2.75, 3.05) is 12.3 Å². The van der Waals surface area contributed by atoms with Gasteiger partial charge in [0, 0.05) is 30.1 Å². The number of carbonyl (C=O) groups excluding carboxylic acids is 1. The Bertz CT molecular complexity index is 564. The molecule has 0 radical (unpaired) electrons. The molecule has 0 aromatic carbocycles. The summed E-state index contributed by atoms with van der Waals surface area (Å²) in [5.74, 6) is 0.0452. The molecule has 0 atom stereocenters. The van der Waals surface area contributed by atoms with Crippen molar-refractivity contribution >= 4 is 33.7 Å². The number of thiazole rings is 2. The van der Waals surface area contributed by atoms with Gasteiger partial charge in [-0.2, -0.15) is 0 Å². The van der Waals surface area contributed by atoms with Crippen molar-refractivity contribution in [3.63, 3.8) is 0 Å². The third-order valence-electron chi connectivity index (χ3n) is 2.80. The van der Waals surface area contributed by atoms with Crippen LogP contribution in [0.3, 0.4) is 0 Å². The summed E-state index contributed by atoms with van der Waals surface area (Å²) in [4.78, 5) is 20.3. The summed E-state index contributed by atoms with van der Waals surface area (Å²) in [7, 11) is 0. The molecule has 0 bridgehead atoms. The van der Waals surface area contributed by atoms with E-state index in [0.717, 1.165) is 29.2 Å². The van der Waals surface area contributed by atoms with Crippen LogP contribution in [0.2, 0.25) is 0 Å². The van der Waals surface area contributed by atoms with Crippen molar-refractivity contribution in [3.05, 3.63) is 27.2 Å². The van der Waals surface area contributed by atoms with Gasteiger partial charge in [0.1, 0.15) is 0 Å². The molecule has 0 aliphatic rings. The van der Waals surface area contributed by atoms with E-state index in [9.17, 15) is 4.79 Å². The molecule has 0 fully saturated rings. The zero-order valence-corrected chi connectivity index (χ0v) is 13.0. The molecule has 0 spiro atoms. The second kappa shape index (κ2) is 7.35. The van der Waals surface area contributed by atoms with Gasteiger partial charge in [-0.3, -0.25) is 4.79 Å². The number of anilines is 1. The largest absolute Gasteiger partial charge is 0.375 e. The van der Waals surface area contributed by atoms with Crippen LogP contribution in [0.15, 0.2) is 10.8 Å². The number of aromatic nitrogens is 2. The molecule has 0 saturated carbocycles. The lowest BCUT2D eigenvalue weighted by atomic mass is 10.2. The zero-order chi connectivity index (χ0) is 14.4. The minimum Gasteiger partial charge on any atom is -0.375 e. The summed E-state index contributed by atoms with van der Waals surface area (Å²) in [5.41, 5.74) is 7.55. The maximum atomic E-state index is 11.7. The number of nitrogens with zero attached hydrogens (tertiary/aromatic N) is 2. The number of nitrogens with one attached hydrogen (secondary N) is 1. The Hall–Kier alpha value is -1.47. The van der Waals surface area contributed by atoms with E-state index < -0.39 is 0 Å². The van der Waals surface area contributed by atoms with Gasteiger partial charge in [0.15, 0.2) is 5.13 Å². The van der Waals surface area contributed by atoms with Gasteiger partial charge in [0.25, 0.3) is 0 Å². The Morgan fingerprint density at radius 2 is 2.05 bits per heavy atom. The number of carbonyl (C=O) groups is 1. The van der Waals surface area contributed by atoms with Crippen LogP contribution in [0.25, 0.3) is 0 Å². The second-order valence-corrected chi connectivity index (χ2v) is 6.20. The van der Waals surface area contributed by atoms with Gasteiger partial charge in [-0.1, -0.05) is 6.92 Å². The SMILES string of the molecule is CCc1csc(CCNC(=O)CCc2csc(N)n2)n1. The average molecular weight is 310 g/mol. The molecule has 2 heterocycles. The maximum Gasteiger partial charge on any atom is 0.220 e. The van der Waals surface area contributed by atoms with Crippen molar-refractivity contribution in [1.29, 1.82) is 0 Å². The predicted molar refractivity (Wildman–Crippen MR) is 83.1 cm³/mol. The smallest absolute Gasteiger partial charge is 0.220 e. The summed E-state index contributed by atoms with van der Waals surface area (Å²) in [5, 5.41) is 8.50. The molecule has 108 valence electrons. The van der Waals surface area contributed by atoms with E-state index in [-0.39, 0.29) is 5.91 Å². The van der Waals surface area contributed by atoms with Crippen LogP contribution in [0.1, 0.15) is 29.7 Å². The van der Waals surface area contributed by atoms with Gasteiger partial charge >= 0.3 is 0 Å². The molecule has 2 aromatic rings. The Balaban J connectivity index is 1.65. The fourth-order valence-corrected chi connectivity index (χ4v) is 3.18. The Morgan fingerprint density at radius 3 is 2.70 bits per heavy atom. The van der Waals surface area contributed by atoms with Crippen molar-refractivity contribution < 1.29 is 4.79 Å². The van der Waals surface area contributed by atoms with Crippen molar-refractivity contribution in [2.45, 2.75) is 32.6 Å². The molecule has 2 rings (SSSR count). The number of aryl methyl sites for hydroxylation is 2. The molecule has 5 nitrogen and oxygen atoms in total. The molecule has 20 heavy (non-hydrogen) atoms. The first kappa shape index (κ1) is 14.9. The fourth-order valence-electron chi connectivity index (χ4n) is 1.70. The number of hydrogen-bond donors (Lipinski definition) is 2. The topological polar surface area (TPSA) is 80.9 Å². The number of hydrogen-bond acceptors (Lipinski definition) is 6. The van der Waals surface area contributed by atoms with Gasteiger partial charge in [0.2, 0.25) is 5.91 Å². The number of rotatable bonds is 7. The molecular formula is C13H18N4OS2. The van der Waals surface area contributed by atoms with E-state index in [0.29, 0.717) is 24.5 Å². The number of nitrogen functional groups attached to an aromatic ring is 1. The molecule has 0 saturated heterocycles. The maximum absolute atomic E-state index is 11.7. The van der Waals surface area contributed by atoms with Gasteiger partial charge in [-0.25, -0.2) is 9.97 Å². The summed E-state index contributed by atoms with van der Waals surface area (Å²) < 4.78 is 0. The number of amides is 1. The van der Waals surface area contributed by atoms with Gasteiger partial charge in [0.05, 0.1) is 16.4 Å². The lowest BCUT2D eigenvalue weighted by molar-refractivity contribution is -0.121. The molecule has 2 aromatic heterocycles. The fraction of sp³-hybridized carbons (Fsp3) is 0.462. The third-order valence-corrected chi connectivity index (χ3v) is 4.48. The lowest BCUT2D eigenvalue weighted by Crippen LogP contribution is -2.25. The first-order valence-electron chi connectivity index (χ1n) is 6.57. The zero-order valence-electron chi connectivity index (χ0n) is 11.4. The monoisotopic (exact) mass is 310 g/mol. The van der Waals surface area contributed by atoms with Gasteiger partial charge in [-0.15, -0.1) is 22.7 Å². The molecule has 1 amide bonds. The van der Waals surface area contributed by atoms with E-state index in [4.69, 9.17) is 5.73 Å². The van der Waals surface area contributed by atoms with Crippen molar-refractivity contribution in [2.24, 2.45) is 0 Å². The summed E-state index contributed by atoms with van der Waals surface area (Å²) in [6.07, 6.45) is 2.83. The van der Waals surface area contributed by atoms with E-state index in [1.165, 1.54) is 11.3 Å². The molecule has 7 heteroatoms. The summed E-state index contributed by atoms with van der Waals surface area (Å²) in [6, 6.07) is 0. The van der Waals surface area contributed by atoms with E-state index in [1.807, 2.05) is 5.38 Å². The number of nitrogens with two attached hydrogens (primary N) is 1. The van der Waals surface area contributed by atoms with Gasteiger partial charge in [-0.05, 0) is 12.8 Å². The van der Waals surface area contributed by atoms with Crippen LogP contribution in [-0.4, -0.2) is 22.4 Å². The van der Waals surface area contributed by atoms with Crippen LogP contribution in [-0.2, 0) is 24.1 Å². The molecule has 0 aliphatic heterocycles. The Labute approximate surface area is 126 Å². The molecule has 3 N–H and O–H groups in total. The first-order chi connectivity index (χ1) is 9.67. The minimum absolute atomic E-state index is 0.0452. The molecule has 0 unspecified atom stereocenters. The van der Waals surface area contributed by atoms with Crippen LogP contribution in [0.5, 0.6) is 0 Å². The third kappa shape index (κ3) is 4.57. The highest BCUT2D eigenvalue weighted by Gasteiger charge is 2.05. The highest BCUT2D eigenvalue weighted by Crippen LogP contribution is 2.12.